The highest BCUT2D eigenvalue weighted by molar-refractivity contribution is 6.02. The first-order valence-corrected chi connectivity index (χ1v) is 4.49. The van der Waals surface area contributed by atoms with Crippen molar-refractivity contribution in [3.05, 3.63) is 29.6 Å². The van der Waals surface area contributed by atoms with E-state index in [1.807, 2.05) is 0 Å². The first kappa shape index (κ1) is 9.69. The van der Waals surface area contributed by atoms with Crippen LogP contribution < -0.4 is 10.6 Å². The van der Waals surface area contributed by atoms with Gasteiger partial charge in [0.05, 0.1) is 6.54 Å². The summed E-state index contributed by atoms with van der Waals surface area (Å²) >= 11 is 0. The van der Waals surface area contributed by atoms with Crippen LogP contribution in [0.25, 0.3) is 0 Å². The van der Waals surface area contributed by atoms with E-state index in [9.17, 15) is 9.18 Å². The number of carbonyl (C=O) groups is 1. The molecule has 0 bridgehead atoms. The summed E-state index contributed by atoms with van der Waals surface area (Å²) in [5, 5.41) is 5.47. The standard InChI is InChI=1S/C11H9FN2O/c1-2-5-13-10-8-4-3-7(12)6-9(8)14-11(10)15/h1,3-4,6,10,13H,5H2,(H,14,15). The van der Waals surface area contributed by atoms with Gasteiger partial charge >= 0.3 is 0 Å². The number of hydrogen-bond acceptors (Lipinski definition) is 2. The average Bonchev–Trinajstić information content (AvgIpc) is 2.50. The fourth-order valence-corrected chi connectivity index (χ4v) is 1.60. The number of hydrogen-bond donors (Lipinski definition) is 2. The van der Waals surface area contributed by atoms with Crippen molar-refractivity contribution >= 4 is 11.6 Å². The van der Waals surface area contributed by atoms with Crippen LogP contribution >= 0.6 is 0 Å². The molecule has 3 nitrogen and oxygen atoms in total. The molecule has 76 valence electrons. The SMILES string of the molecule is C#CCNC1C(=O)Nc2cc(F)ccc21. The Morgan fingerprint density at radius 2 is 2.40 bits per heavy atom. The Hall–Kier alpha value is -1.86. The van der Waals surface area contributed by atoms with Crippen LogP contribution in [-0.2, 0) is 4.79 Å². The maximum Gasteiger partial charge on any atom is 0.246 e. The first-order chi connectivity index (χ1) is 7.22. The van der Waals surface area contributed by atoms with Gasteiger partial charge in [0.1, 0.15) is 11.9 Å². The van der Waals surface area contributed by atoms with Gasteiger partial charge in [0.2, 0.25) is 5.91 Å². The molecule has 1 aromatic carbocycles. The lowest BCUT2D eigenvalue weighted by atomic mass is 10.1. The smallest absolute Gasteiger partial charge is 0.246 e. The molecule has 0 fully saturated rings. The highest BCUT2D eigenvalue weighted by atomic mass is 19.1. The molecule has 1 unspecified atom stereocenters. The van der Waals surface area contributed by atoms with Crippen LogP contribution in [0.2, 0.25) is 0 Å². The van der Waals surface area contributed by atoms with E-state index in [2.05, 4.69) is 16.6 Å². The first-order valence-electron chi connectivity index (χ1n) is 4.49. The van der Waals surface area contributed by atoms with Crippen LogP contribution in [0.4, 0.5) is 10.1 Å². The number of halogens is 1. The zero-order valence-electron chi connectivity index (χ0n) is 7.88. The number of terminal acetylenes is 1. The van der Waals surface area contributed by atoms with Gasteiger partial charge in [-0.1, -0.05) is 12.0 Å². The van der Waals surface area contributed by atoms with Gasteiger partial charge in [-0.3, -0.25) is 10.1 Å². The molecule has 1 aliphatic heterocycles. The topological polar surface area (TPSA) is 41.1 Å². The molecule has 2 rings (SSSR count). The molecule has 1 amide bonds. The third-order valence-electron chi connectivity index (χ3n) is 2.25. The van der Waals surface area contributed by atoms with E-state index in [-0.39, 0.29) is 11.7 Å². The quantitative estimate of drug-likeness (QED) is 0.707. The van der Waals surface area contributed by atoms with Gasteiger partial charge in [0, 0.05) is 11.3 Å². The van der Waals surface area contributed by atoms with Crippen LogP contribution in [0.15, 0.2) is 18.2 Å². The molecule has 0 spiro atoms. The Labute approximate surface area is 86.7 Å². The third kappa shape index (κ3) is 1.69. The predicted octanol–water partition coefficient (Wildman–Crippen LogP) is 1.04. The van der Waals surface area contributed by atoms with E-state index < -0.39 is 6.04 Å². The molecule has 2 N–H and O–H groups in total. The summed E-state index contributed by atoms with van der Waals surface area (Å²) < 4.78 is 12.9. The number of benzene rings is 1. The molecule has 0 aromatic heterocycles. The summed E-state index contributed by atoms with van der Waals surface area (Å²) in [6, 6.07) is 3.72. The molecule has 1 atom stereocenters. The zero-order valence-corrected chi connectivity index (χ0v) is 7.88. The van der Waals surface area contributed by atoms with Gasteiger partial charge in [0.15, 0.2) is 0 Å². The van der Waals surface area contributed by atoms with Crippen LogP contribution in [0.3, 0.4) is 0 Å². The van der Waals surface area contributed by atoms with Crippen molar-refractivity contribution in [2.24, 2.45) is 0 Å². The summed E-state index contributed by atoms with van der Waals surface area (Å²) in [4.78, 5) is 11.5. The molecule has 0 radical (unpaired) electrons. The van der Waals surface area contributed by atoms with Crippen molar-refractivity contribution in [1.82, 2.24) is 5.32 Å². The Kier molecular flexibility index (Phi) is 2.40. The summed E-state index contributed by atoms with van der Waals surface area (Å²) in [5.41, 5.74) is 1.24. The maximum absolute atomic E-state index is 12.9. The van der Waals surface area contributed by atoms with Crippen molar-refractivity contribution < 1.29 is 9.18 Å². The largest absolute Gasteiger partial charge is 0.324 e. The second-order valence-electron chi connectivity index (χ2n) is 3.24. The predicted molar refractivity (Wildman–Crippen MR) is 54.6 cm³/mol. The highest BCUT2D eigenvalue weighted by Gasteiger charge is 2.29. The summed E-state index contributed by atoms with van der Waals surface area (Å²) in [5.74, 6) is 1.82. The lowest BCUT2D eigenvalue weighted by Crippen LogP contribution is -2.27. The average molecular weight is 204 g/mol. The van der Waals surface area contributed by atoms with E-state index in [1.165, 1.54) is 12.1 Å². The van der Waals surface area contributed by atoms with Crippen molar-refractivity contribution in [1.29, 1.82) is 0 Å². The lowest BCUT2D eigenvalue weighted by Gasteiger charge is -2.07. The number of amides is 1. The number of fused-ring (bicyclic) bond motifs is 1. The third-order valence-corrected chi connectivity index (χ3v) is 2.25. The van der Waals surface area contributed by atoms with Gasteiger partial charge < -0.3 is 5.32 Å². The van der Waals surface area contributed by atoms with E-state index >= 15 is 0 Å². The summed E-state index contributed by atoms with van der Waals surface area (Å²) in [6.45, 7) is 0.300. The molecule has 0 saturated carbocycles. The molecule has 4 heteroatoms. The Morgan fingerprint density at radius 3 is 3.13 bits per heavy atom. The van der Waals surface area contributed by atoms with Crippen LogP contribution in [0, 0.1) is 18.2 Å². The number of carbonyl (C=O) groups excluding carboxylic acids is 1. The monoisotopic (exact) mass is 204 g/mol. The summed E-state index contributed by atoms with van der Waals surface area (Å²) in [6.07, 6.45) is 5.09. The Bertz CT molecular complexity index is 450. The second-order valence-corrected chi connectivity index (χ2v) is 3.24. The molecule has 1 heterocycles. The van der Waals surface area contributed by atoms with E-state index in [0.717, 1.165) is 5.56 Å². The normalized spacial score (nSPS) is 18.1. The van der Waals surface area contributed by atoms with Crippen molar-refractivity contribution in [2.45, 2.75) is 6.04 Å². The summed E-state index contributed by atoms with van der Waals surface area (Å²) in [7, 11) is 0. The highest BCUT2D eigenvalue weighted by Crippen LogP contribution is 2.30. The second kappa shape index (κ2) is 3.71. The van der Waals surface area contributed by atoms with Gasteiger partial charge in [-0.2, -0.15) is 0 Å². The number of rotatable bonds is 2. The Morgan fingerprint density at radius 1 is 1.60 bits per heavy atom. The number of nitrogens with one attached hydrogen (secondary N) is 2. The fraction of sp³-hybridized carbons (Fsp3) is 0.182. The minimum Gasteiger partial charge on any atom is -0.324 e. The lowest BCUT2D eigenvalue weighted by molar-refractivity contribution is -0.117. The zero-order chi connectivity index (χ0) is 10.8. The van der Waals surface area contributed by atoms with Gasteiger partial charge in [-0.05, 0) is 12.1 Å². The molecule has 15 heavy (non-hydrogen) atoms. The molecule has 0 saturated heterocycles. The molecule has 0 aliphatic carbocycles. The minimum atomic E-state index is -0.475. The molecular formula is C11H9FN2O. The van der Waals surface area contributed by atoms with Crippen molar-refractivity contribution in [3.8, 4) is 12.3 Å². The fourth-order valence-electron chi connectivity index (χ4n) is 1.60. The van der Waals surface area contributed by atoms with Crippen LogP contribution in [0.5, 0.6) is 0 Å². The van der Waals surface area contributed by atoms with Gasteiger partial charge in [-0.25, -0.2) is 4.39 Å². The van der Waals surface area contributed by atoms with Crippen molar-refractivity contribution in [3.63, 3.8) is 0 Å². The minimum absolute atomic E-state index is 0.203. The van der Waals surface area contributed by atoms with E-state index in [0.29, 0.717) is 12.2 Å². The van der Waals surface area contributed by atoms with Gasteiger partial charge in [-0.15, -0.1) is 6.42 Å². The molecular weight excluding hydrogens is 195 g/mol. The van der Waals surface area contributed by atoms with E-state index in [1.54, 1.807) is 6.07 Å². The maximum atomic E-state index is 12.9. The Balaban J connectivity index is 2.30. The van der Waals surface area contributed by atoms with Gasteiger partial charge in [0.25, 0.3) is 0 Å². The molecule has 1 aliphatic rings. The van der Waals surface area contributed by atoms with Crippen LogP contribution in [0.1, 0.15) is 11.6 Å². The van der Waals surface area contributed by atoms with Crippen molar-refractivity contribution in [2.75, 3.05) is 11.9 Å². The van der Waals surface area contributed by atoms with E-state index in [4.69, 9.17) is 6.42 Å². The molecule has 1 aromatic rings. The van der Waals surface area contributed by atoms with Crippen LogP contribution in [-0.4, -0.2) is 12.5 Å². The number of anilines is 1.